The Morgan fingerprint density at radius 2 is 2.40 bits per heavy atom. The lowest BCUT2D eigenvalue weighted by molar-refractivity contribution is 0.739. The van der Waals surface area contributed by atoms with Crippen LogP contribution in [0.25, 0.3) is 15.8 Å². The molecule has 2 aromatic heterocycles. The second-order valence-electron chi connectivity index (χ2n) is 3.68. The molecule has 76 valence electrons. The van der Waals surface area contributed by atoms with E-state index in [9.17, 15) is 0 Å². The van der Waals surface area contributed by atoms with Gasteiger partial charge in [0.1, 0.15) is 0 Å². The van der Waals surface area contributed by atoms with Crippen molar-refractivity contribution in [3.63, 3.8) is 0 Å². The highest BCUT2D eigenvalue weighted by atomic mass is 32.1. The van der Waals surface area contributed by atoms with E-state index in [1.54, 1.807) is 0 Å². The van der Waals surface area contributed by atoms with Crippen molar-refractivity contribution < 1.29 is 0 Å². The fraction of sp³-hybridized carbons (Fsp3) is 0.250. The highest BCUT2D eigenvalue weighted by molar-refractivity contribution is 7.20. The van der Waals surface area contributed by atoms with Crippen LogP contribution in [-0.2, 0) is 0 Å². The molecule has 3 heterocycles. The van der Waals surface area contributed by atoms with E-state index in [0.29, 0.717) is 0 Å². The van der Waals surface area contributed by atoms with Gasteiger partial charge in [0.05, 0.1) is 10.2 Å². The van der Waals surface area contributed by atoms with Crippen LogP contribution in [0.2, 0.25) is 0 Å². The fourth-order valence-electron chi connectivity index (χ4n) is 1.87. The van der Waals surface area contributed by atoms with Crippen LogP contribution in [0.3, 0.4) is 0 Å². The summed E-state index contributed by atoms with van der Waals surface area (Å²) in [6.07, 6.45) is 5.27. The van der Waals surface area contributed by atoms with Crippen LogP contribution in [0, 0.1) is 0 Å². The Morgan fingerprint density at radius 3 is 3.20 bits per heavy atom. The summed E-state index contributed by atoms with van der Waals surface area (Å²) in [4.78, 5) is 5.74. The molecule has 0 spiro atoms. The highest BCUT2D eigenvalue weighted by Crippen LogP contribution is 2.31. The van der Waals surface area contributed by atoms with Crippen LogP contribution in [0.15, 0.2) is 30.5 Å². The summed E-state index contributed by atoms with van der Waals surface area (Å²) >= 11 is 1.85. The molecule has 0 radical (unpaired) electrons. The summed E-state index contributed by atoms with van der Waals surface area (Å²) in [6.45, 7) is 2.09. The number of nitrogens with one attached hydrogen (secondary N) is 1. The van der Waals surface area contributed by atoms with E-state index in [2.05, 4.69) is 28.5 Å². The Balaban J connectivity index is 2.07. The van der Waals surface area contributed by atoms with Crippen LogP contribution >= 0.6 is 11.3 Å². The van der Waals surface area contributed by atoms with E-state index >= 15 is 0 Å². The maximum absolute atomic E-state index is 4.36. The Morgan fingerprint density at radius 1 is 1.40 bits per heavy atom. The molecule has 2 aromatic rings. The van der Waals surface area contributed by atoms with Gasteiger partial charge in [-0.05, 0) is 36.7 Å². The minimum atomic E-state index is 0.997. The van der Waals surface area contributed by atoms with E-state index < -0.39 is 0 Å². The van der Waals surface area contributed by atoms with Crippen molar-refractivity contribution in [2.75, 3.05) is 13.1 Å². The molecule has 0 saturated carbocycles. The molecule has 0 fully saturated rings. The quantitative estimate of drug-likeness (QED) is 0.792. The number of rotatable bonds is 1. The molecule has 1 N–H and O–H groups in total. The maximum atomic E-state index is 4.36. The Kier molecular flexibility index (Phi) is 2.27. The van der Waals surface area contributed by atoms with Gasteiger partial charge in [0.15, 0.2) is 0 Å². The summed E-state index contributed by atoms with van der Waals surface area (Å²) < 4.78 is 1.28. The molecule has 0 bridgehead atoms. The number of hydrogen-bond acceptors (Lipinski definition) is 3. The van der Waals surface area contributed by atoms with Crippen molar-refractivity contribution in [2.45, 2.75) is 6.42 Å². The van der Waals surface area contributed by atoms with Gasteiger partial charge in [-0.2, -0.15) is 0 Å². The van der Waals surface area contributed by atoms with Gasteiger partial charge >= 0.3 is 0 Å². The maximum Gasteiger partial charge on any atom is 0.0816 e. The first-order valence-electron chi connectivity index (χ1n) is 5.18. The Labute approximate surface area is 92.7 Å². The van der Waals surface area contributed by atoms with Crippen LogP contribution in [-0.4, -0.2) is 18.1 Å². The van der Waals surface area contributed by atoms with Gasteiger partial charge in [-0.15, -0.1) is 11.3 Å². The minimum Gasteiger partial charge on any atom is -0.313 e. The summed E-state index contributed by atoms with van der Waals surface area (Å²) in [6, 6.07) is 6.34. The summed E-state index contributed by atoms with van der Waals surface area (Å²) in [5, 5.41) is 3.33. The minimum absolute atomic E-state index is 0.997. The third-order valence-corrected chi connectivity index (χ3v) is 3.83. The number of aromatic nitrogens is 1. The predicted molar refractivity (Wildman–Crippen MR) is 65.1 cm³/mol. The molecule has 0 aromatic carbocycles. The van der Waals surface area contributed by atoms with Crippen LogP contribution < -0.4 is 5.32 Å². The van der Waals surface area contributed by atoms with Crippen molar-refractivity contribution in [3.8, 4) is 0 Å². The SMILES string of the molecule is C1=C(c2cc3ncccc3s2)CCNC1. The molecule has 0 aliphatic carbocycles. The van der Waals surface area contributed by atoms with Gasteiger partial charge in [0, 0.05) is 17.6 Å². The zero-order valence-electron chi connectivity index (χ0n) is 8.36. The third-order valence-electron chi connectivity index (χ3n) is 2.67. The average molecular weight is 216 g/mol. The molecular formula is C12H12N2S. The lowest BCUT2D eigenvalue weighted by Gasteiger charge is -2.11. The molecule has 1 aliphatic heterocycles. The van der Waals surface area contributed by atoms with E-state index in [0.717, 1.165) is 25.0 Å². The summed E-state index contributed by atoms with van der Waals surface area (Å²) in [5.74, 6) is 0. The number of nitrogens with zero attached hydrogens (tertiary/aromatic N) is 1. The third kappa shape index (κ3) is 1.68. The lowest BCUT2D eigenvalue weighted by atomic mass is 10.1. The Hall–Kier alpha value is -1.19. The molecule has 3 rings (SSSR count). The van der Waals surface area contributed by atoms with Gasteiger partial charge in [-0.25, -0.2) is 0 Å². The molecule has 1 aliphatic rings. The van der Waals surface area contributed by atoms with Gasteiger partial charge in [0.25, 0.3) is 0 Å². The predicted octanol–water partition coefficient (Wildman–Crippen LogP) is 2.67. The zero-order valence-corrected chi connectivity index (χ0v) is 9.18. The van der Waals surface area contributed by atoms with Crippen LogP contribution in [0.1, 0.15) is 11.3 Å². The monoisotopic (exact) mass is 216 g/mol. The van der Waals surface area contributed by atoms with E-state index in [4.69, 9.17) is 0 Å². The van der Waals surface area contributed by atoms with E-state index in [1.807, 2.05) is 23.6 Å². The molecule has 0 unspecified atom stereocenters. The van der Waals surface area contributed by atoms with Crippen molar-refractivity contribution in [3.05, 3.63) is 35.3 Å². The van der Waals surface area contributed by atoms with Crippen LogP contribution in [0.4, 0.5) is 0 Å². The van der Waals surface area contributed by atoms with Crippen LogP contribution in [0.5, 0.6) is 0 Å². The highest BCUT2D eigenvalue weighted by Gasteiger charge is 2.09. The average Bonchev–Trinajstić information content (AvgIpc) is 2.74. The first kappa shape index (κ1) is 9.07. The smallest absolute Gasteiger partial charge is 0.0816 e. The summed E-state index contributed by atoms with van der Waals surface area (Å²) in [5.41, 5.74) is 2.59. The number of fused-ring (bicyclic) bond motifs is 1. The summed E-state index contributed by atoms with van der Waals surface area (Å²) in [7, 11) is 0. The molecule has 15 heavy (non-hydrogen) atoms. The standard InChI is InChI=1S/C12H12N2S/c1-2-11-10(14-5-1)8-12(15-11)9-3-6-13-7-4-9/h1-3,5,8,13H,4,6-7H2. The molecule has 2 nitrogen and oxygen atoms in total. The topological polar surface area (TPSA) is 24.9 Å². The molecule has 0 amide bonds. The van der Waals surface area contributed by atoms with E-state index in [1.165, 1.54) is 15.2 Å². The normalized spacial score (nSPS) is 16.7. The van der Waals surface area contributed by atoms with Gasteiger partial charge in [-0.1, -0.05) is 6.08 Å². The fourth-order valence-corrected chi connectivity index (χ4v) is 2.96. The second-order valence-corrected chi connectivity index (χ2v) is 4.76. The van der Waals surface area contributed by atoms with Crippen molar-refractivity contribution >= 4 is 27.1 Å². The second kappa shape index (κ2) is 3.76. The zero-order chi connectivity index (χ0) is 10.1. The van der Waals surface area contributed by atoms with E-state index in [-0.39, 0.29) is 0 Å². The number of pyridine rings is 1. The molecule has 0 saturated heterocycles. The van der Waals surface area contributed by atoms with Gasteiger partial charge < -0.3 is 5.32 Å². The van der Waals surface area contributed by atoms with Crippen molar-refractivity contribution in [2.24, 2.45) is 0 Å². The Bertz CT molecular complexity index is 480. The molecular weight excluding hydrogens is 204 g/mol. The van der Waals surface area contributed by atoms with Crippen molar-refractivity contribution in [1.29, 1.82) is 0 Å². The van der Waals surface area contributed by atoms with Gasteiger partial charge in [-0.3, -0.25) is 4.98 Å². The van der Waals surface area contributed by atoms with Crippen molar-refractivity contribution in [1.82, 2.24) is 10.3 Å². The van der Waals surface area contributed by atoms with Gasteiger partial charge in [0.2, 0.25) is 0 Å². The first-order chi connectivity index (χ1) is 7.43. The number of thiophene rings is 1. The molecule has 0 atom stereocenters. The first-order valence-corrected chi connectivity index (χ1v) is 6.00. The largest absolute Gasteiger partial charge is 0.313 e. The lowest BCUT2D eigenvalue weighted by Crippen LogP contribution is -2.19. The molecule has 3 heteroatoms. The number of hydrogen-bond donors (Lipinski definition) is 1.